The van der Waals surface area contributed by atoms with Gasteiger partial charge in [0.1, 0.15) is 0 Å². The molecule has 0 bridgehead atoms. The second-order valence-corrected chi connectivity index (χ2v) is 7.00. The van der Waals surface area contributed by atoms with E-state index in [1.54, 1.807) is 36.2 Å². The zero-order chi connectivity index (χ0) is 23.8. The highest BCUT2D eigenvalue weighted by atomic mass is 16.2. The van der Waals surface area contributed by atoms with Gasteiger partial charge in [-0.15, -0.1) is 0 Å². The Kier molecular flexibility index (Phi) is 14.4. The molecule has 6 heteroatoms. The Labute approximate surface area is 187 Å². The number of hydrogen-bond donors (Lipinski definition) is 2. The van der Waals surface area contributed by atoms with Crippen LogP contribution in [0.5, 0.6) is 0 Å². The number of likely N-dealkylation sites (N-methyl/N-ethyl adjacent to an activating group) is 1. The Morgan fingerprint density at radius 3 is 2.52 bits per heavy atom. The maximum Gasteiger partial charge on any atom is 0.251 e. The highest BCUT2D eigenvalue weighted by molar-refractivity contribution is 5.96. The summed E-state index contributed by atoms with van der Waals surface area (Å²) < 4.78 is 0. The van der Waals surface area contributed by atoms with Crippen molar-refractivity contribution in [2.45, 2.75) is 66.0 Å². The molecule has 1 rings (SSSR count). The fourth-order valence-electron chi connectivity index (χ4n) is 3.06. The van der Waals surface area contributed by atoms with Gasteiger partial charge in [0.05, 0.1) is 11.6 Å². The minimum atomic E-state index is -0.338. The Morgan fingerprint density at radius 2 is 1.97 bits per heavy atom. The van der Waals surface area contributed by atoms with Crippen molar-refractivity contribution in [2.24, 2.45) is 5.73 Å². The van der Waals surface area contributed by atoms with Gasteiger partial charge in [0.15, 0.2) is 0 Å². The van der Waals surface area contributed by atoms with Crippen molar-refractivity contribution >= 4 is 11.8 Å². The van der Waals surface area contributed by atoms with Gasteiger partial charge in [0.2, 0.25) is 5.91 Å². The minimum absolute atomic E-state index is 0.0604. The first-order chi connectivity index (χ1) is 14.9. The third-order valence-corrected chi connectivity index (χ3v) is 4.82. The first-order valence-electron chi connectivity index (χ1n) is 10.9. The van der Waals surface area contributed by atoms with E-state index in [1.807, 2.05) is 52.8 Å². The molecule has 0 fully saturated rings. The fraction of sp³-hybridized carbons (Fsp3) is 0.480. The van der Waals surface area contributed by atoms with Crippen LogP contribution in [0.3, 0.4) is 0 Å². The van der Waals surface area contributed by atoms with Gasteiger partial charge in [-0.05, 0) is 44.4 Å². The average molecular weight is 427 g/mol. The van der Waals surface area contributed by atoms with Gasteiger partial charge in [0.25, 0.3) is 5.91 Å². The Balaban J connectivity index is 0.00000436. The number of rotatable bonds is 10. The second kappa shape index (κ2) is 15.9. The molecule has 0 aliphatic carbocycles. The molecular formula is C25H38N4O2. The number of nitrogens with one attached hydrogen (secondary N) is 1. The molecule has 0 spiro atoms. The molecule has 170 valence electrons. The SMILES string of the molecule is C/C=C\C(=C/C)C(=O)NC[C@H](CC)N(C)C(=O)CC(N)Cc1cccc(C#N)c1.CC. The minimum Gasteiger partial charge on any atom is -0.350 e. The predicted molar refractivity (Wildman–Crippen MR) is 127 cm³/mol. The summed E-state index contributed by atoms with van der Waals surface area (Å²) in [4.78, 5) is 26.6. The molecule has 1 unspecified atom stereocenters. The fourth-order valence-corrected chi connectivity index (χ4v) is 3.06. The lowest BCUT2D eigenvalue weighted by molar-refractivity contribution is -0.132. The number of nitriles is 1. The van der Waals surface area contributed by atoms with Gasteiger partial charge in [0, 0.05) is 37.7 Å². The topological polar surface area (TPSA) is 99.2 Å². The van der Waals surface area contributed by atoms with Crippen LogP contribution in [0.4, 0.5) is 0 Å². The van der Waals surface area contributed by atoms with Crippen molar-refractivity contribution in [3.63, 3.8) is 0 Å². The number of nitrogens with zero attached hydrogens (tertiary/aromatic N) is 2. The van der Waals surface area contributed by atoms with Crippen LogP contribution in [-0.4, -0.2) is 42.4 Å². The summed E-state index contributed by atoms with van der Waals surface area (Å²) in [5.74, 6) is -0.214. The molecule has 2 atom stereocenters. The normalized spacial score (nSPS) is 12.9. The molecule has 31 heavy (non-hydrogen) atoms. The van der Waals surface area contributed by atoms with E-state index in [4.69, 9.17) is 11.0 Å². The highest BCUT2D eigenvalue weighted by Gasteiger charge is 2.21. The van der Waals surface area contributed by atoms with Crippen LogP contribution in [0.15, 0.2) is 48.1 Å². The largest absolute Gasteiger partial charge is 0.350 e. The molecule has 0 aromatic heterocycles. The molecular weight excluding hydrogens is 388 g/mol. The summed E-state index contributed by atoms with van der Waals surface area (Å²) in [6, 6.07) is 8.92. The number of hydrogen-bond acceptors (Lipinski definition) is 4. The van der Waals surface area contributed by atoms with Crippen LogP contribution >= 0.6 is 0 Å². The average Bonchev–Trinajstić information content (AvgIpc) is 2.78. The van der Waals surface area contributed by atoms with E-state index in [0.29, 0.717) is 24.1 Å². The summed E-state index contributed by atoms with van der Waals surface area (Å²) >= 11 is 0. The molecule has 6 nitrogen and oxygen atoms in total. The number of carbonyl (C=O) groups is 2. The van der Waals surface area contributed by atoms with E-state index in [9.17, 15) is 9.59 Å². The van der Waals surface area contributed by atoms with E-state index in [-0.39, 0.29) is 30.3 Å². The maximum atomic E-state index is 12.7. The molecule has 2 amide bonds. The van der Waals surface area contributed by atoms with E-state index in [2.05, 4.69) is 11.4 Å². The Morgan fingerprint density at radius 1 is 1.29 bits per heavy atom. The van der Waals surface area contributed by atoms with Gasteiger partial charge in [-0.3, -0.25) is 9.59 Å². The number of nitrogens with two attached hydrogens (primary N) is 1. The molecule has 0 aliphatic rings. The molecule has 1 aromatic carbocycles. The molecule has 0 saturated heterocycles. The maximum absolute atomic E-state index is 12.7. The monoisotopic (exact) mass is 426 g/mol. The smallest absolute Gasteiger partial charge is 0.251 e. The third kappa shape index (κ3) is 10.1. The van der Waals surface area contributed by atoms with E-state index >= 15 is 0 Å². The van der Waals surface area contributed by atoms with Crippen molar-refractivity contribution in [1.29, 1.82) is 5.26 Å². The van der Waals surface area contributed by atoms with Crippen LogP contribution < -0.4 is 11.1 Å². The molecule has 0 aliphatic heterocycles. The van der Waals surface area contributed by atoms with Crippen molar-refractivity contribution in [2.75, 3.05) is 13.6 Å². The lowest BCUT2D eigenvalue weighted by atomic mass is 10.0. The predicted octanol–water partition coefficient (Wildman–Crippen LogP) is 3.72. The van der Waals surface area contributed by atoms with E-state index in [0.717, 1.165) is 12.0 Å². The van der Waals surface area contributed by atoms with Gasteiger partial charge in [-0.2, -0.15) is 5.26 Å². The lowest BCUT2D eigenvalue weighted by Gasteiger charge is -2.28. The summed E-state index contributed by atoms with van der Waals surface area (Å²) in [5.41, 5.74) is 8.29. The number of amides is 2. The Hall–Kier alpha value is -2.91. The number of allylic oxidation sites excluding steroid dienone is 2. The molecule has 0 radical (unpaired) electrons. The van der Waals surface area contributed by atoms with Crippen molar-refractivity contribution in [3.05, 3.63) is 59.2 Å². The number of carbonyl (C=O) groups excluding carboxylic acids is 2. The standard InChI is InChI=1S/C23H32N4O2.C2H6/c1-5-9-19(6-2)23(29)26-16-21(7-3)27(4)22(28)14-20(25)13-17-10-8-11-18(12-17)15-24;1-2/h5-6,8-12,20-21H,7,13-14,16,25H2,1-4H3,(H,26,29);1-2H3/b9-5-,19-6+;/t20?,21-;/m0./s1. The third-order valence-electron chi connectivity index (χ3n) is 4.82. The van der Waals surface area contributed by atoms with Crippen LogP contribution in [0.1, 0.15) is 58.6 Å². The molecule has 1 aromatic rings. The van der Waals surface area contributed by atoms with Gasteiger partial charge < -0.3 is 16.0 Å². The van der Waals surface area contributed by atoms with Gasteiger partial charge in [-0.25, -0.2) is 0 Å². The van der Waals surface area contributed by atoms with E-state index < -0.39 is 0 Å². The molecule has 3 N–H and O–H groups in total. The second-order valence-electron chi connectivity index (χ2n) is 7.00. The van der Waals surface area contributed by atoms with E-state index in [1.165, 1.54) is 0 Å². The van der Waals surface area contributed by atoms with Crippen LogP contribution in [-0.2, 0) is 16.0 Å². The van der Waals surface area contributed by atoms with Crippen molar-refractivity contribution < 1.29 is 9.59 Å². The van der Waals surface area contributed by atoms with Crippen molar-refractivity contribution in [1.82, 2.24) is 10.2 Å². The highest BCUT2D eigenvalue weighted by Crippen LogP contribution is 2.10. The number of benzene rings is 1. The first-order valence-corrected chi connectivity index (χ1v) is 10.9. The summed E-state index contributed by atoms with van der Waals surface area (Å²) in [7, 11) is 1.74. The van der Waals surface area contributed by atoms with Crippen LogP contribution in [0.25, 0.3) is 0 Å². The van der Waals surface area contributed by atoms with Gasteiger partial charge in [-0.1, -0.05) is 51.1 Å². The summed E-state index contributed by atoms with van der Waals surface area (Å²) in [6.07, 6.45) is 6.77. The molecule has 0 heterocycles. The molecule has 0 saturated carbocycles. The summed E-state index contributed by atoms with van der Waals surface area (Å²) in [5, 5.41) is 11.9. The zero-order valence-electron chi connectivity index (χ0n) is 19.8. The van der Waals surface area contributed by atoms with Crippen molar-refractivity contribution in [3.8, 4) is 6.07 Å². The lowest BCUT2D eigenvalue weighted by Crippen LogP contribution is -2.46. The quantitative estimate of drug-likeness (QED) is 0.440. The zero-order valence-corrected chi connectivity index (χ0v) is 19.8. The first kappa shape index (κ1) is 28.1. The summed E-state index contributed by atoms with van der Waals surface area (Å²) in [6.45, 7) is 10.0. The van der Waals surface area contributed by atoms with Crippen LogP contribution in [0.2, 0.25) is 0 Å². The Bertz CT molecular complexity index is 793. The van der Waals surface area contributed by atoms with Gasteiger partial charge >= 0.3 is 0 Å². The van der Waals surface area contributed by atoms with Crippen LogP contribution in [0, 0.1) is 11.3 Å².